The number of hydrogen-bond donors (Lipinski definition) is 1. The predicted octanol–water partition coefficient (Wildman–Crippen LogP) is 2.87. The van der Waals surface area contributed by atoms with Crippen LogP contribution in [0.25, 0.3) is 11.1 Å². The number of aromatic carboxylic acids is 1. The number of benzene rings is 1. The summed E-state index contributed by atoms with van der Waals surface area (Å²) in [5.74, 6) is 0.358. The molecular formula is C13H13NO3. The van der Waals surface area contributed by atoms with Crippen LogP contribution in [0.2, 0.25) is 0 Å². The largest absolute Gasteiger partial charge is 0.478 e. The number of para-hydroxylation sites is 1. The van der Waals surface area contributed by atoms with Gasteiger partial charge in [-0.15, -0.1) is 0 Å². The Balaban J connectivity index is 1.99. The van der Waals surface area contributed by atoms with E-state index in [9.17, 15) is 4.79 Å². The first kappa shape index (κ1) is 10.3. The summed E-state index contributed by atoms with van der Waals surface area (Å²) in [5, 5.41) is 9.04. The van der Waals surface area contributed by atoms with Crippen molar-refractivity contribution < 1.29 is 14.3 Å². The third-order valence-corrected chi connectivity index (χ3v) is 3.38. The number of nitrogens with zero attached hydrogens (tertiary/aromatic N) is 1. The number of hydrogen-bond acceptors (Lipinski definition) is 3. The highest BCUT2D eigenvalue weighted by atomic mass is 16.4. The van der Waals surface area contributed by atoms with Crippen LogP contribution in [0.3, 0.4) is 0 Å². The van der Waals surface area contributed by atoms with Gasteiger partial charge in [-0.1, -0.05) is 12.5 Å². The lowest BCUT2D eigenvalue weighted by Crippen LogP contribution is -2.13. The molecule has 1 saturated carbocycles. The average molecular weight is 231 g/mol. The molecule has 4 heteroatoms. The van der Waals surface area contributed by atoms with Crippen LogP contribution in [0, 0.1) is 5.92 Å². The highest BCUT2D eigenvalue weighted by Crippen LogP contribution is 2.30. The molecule has 0 atom stereocenters. The first-order chi connectivity index (χ1) is 8.24. The van der Waals surface area contributed by atoms with E-state index in [2.05, 4.69) is 4.98 Å². The van der Waals surface area contributed by atoms with Crippen LogP contribution in [0.15, 0.2) is 22.6 Å². The number of carboxylic acids is 1. The second kappa shape index (κ2) is 3.87. The highest BCUT2D eigenvalue weighted by molar-refractivity contribution is 5.99. The van der Waals surface area contributed by atoms with E-state index in [1.165, 1.54) is 19.3 Å². The molecule has 0 radical (unpaired) electrons. The Bertz CT molecular complexity index is 569. The van der Waals surface area contributed by atoms with E-state index in [0.29, 0.717) is 22.9 Å². The van der Waals surface area contributed by atoms with Crippen molar-refractivity contribution >= 4 is 17.1 Å². The van der Waals surface area contributed by atoms with E-state index in [4.69, 9.17) is 9.52 Å². The number of aromatic nitrogens is 1. The fourth-order valence-corrected chi connectivity index (χ4v) is 2.19. The molecule has 88 valence electrons. The van der Waals surface area contributed by atoms with E-state index in [1.807, 2.05) is 0 Å². The van der Waals surface area contributed by atoms with Gasteiger partial charge < -0.3 is 9.52 Å². The summed E-state index contributed by atoms with van der Waals surface area (Å²) < 4.78 is 5.57. The average Bonchev–Trinajstić information content (AvgIpc) is 2.65. The number of carboxylic acid groups (broad SMARTS) is 1. The molecule has 1 heterocycles. The monoisotopic (exact) mass is 231 g/mol. The second-order valence-corrected chi connectivity index (χ2v) is 4.57. The maximum atomic E-state index is 11.0. The van der Waals surface area contributed by atoms with Gasteiger partial charge in [0.1, 0.15) is 11.1 Å². The lowest BCUT2D eigenvalue weighted by atomic mass is 9.83. The SMILES string of the molecule is O=C(O)c1cccc2nc(CC3CCC3)oc12. The molecule has 3 rings (SSSR count). The van der Waals surface area contributed by atoms with Crippen molar-refractivity contribution in [3.63, 3.8) is 0 Å². The maximum absolute atomic E-state index is 11.0. The topological polar surface area (TPSA) is 63.3 Å². The van der Waals surface area contributed by atoms with Crippen molar-refractivity contribution in [3.05, 3.63) is 29.7 Å². The van der Waals surface area contributed by atoms with Crippen molar-refractivity contribution in [3.8, 4) is 0 Å². The van der Waals surface area contributed by atoms with E-state index in [1.54, 1.807) is 18.2 Å². The van der Waals surface area contributed by atoms with Crippen LogP contribution in [0.4, 0.5) is 0 Å². The molecule has 17 heavy (non-hydrogen) atoms. The Labute approximate surface area is 98.3 Å². The summed E-state index contributed by atoms with van der Waals surface area (Å²) in [6.45, 7) is 0. The normalized spacial score (nSPS) is 16.0. The molecule has 2 aromatic rings. The minimum Gasteiger partial charge on any atom is -0.478 e. The molecule has 0 bridgehead atoms. The van der Waals surface area contributed by atoms with Crippen LogP contribution in [0.1, 0.15) is 35.5 Å². The van der Waals surface area contributed by atoms with E-state index in [-0.39, 0.29) is 5.56 Å². The van der Waals surface area contributed by atoms with Gasteiger partial charge in [0.2, 0.25) is 0 Å². The van der Waals surface area contributed by atoms with Crippen LogP contribution in [-0.2, 0) is 6.42 Å². The van der Waals surface area contributed by atoms with Gasteiger partial charge >= 0.3 is 5.97 Å². The van der Waals surface area contributed by atoms with Gasteiger partial charge in [-0.05, 0) is 30.9 Å². The molecule has 1 aromatic carbocycles. The standard InChI is InChI=1S/C13H13NO3/c15-13(16)9-5-2-6-10-12(9)17-11(14-10)7-8-3-1-4-8/h2,5-6,8H,1,3-4,7H2,(H,15,16). The molecule has 1 fully saturated rings. The maximum Gasteiger partial charge on any atom is 0.339 e. The zero-order chi connectivity index (χ0) is 11.8. The Morgan fingerprint density at radius 3 is 2.94 bits per heavy atom. The third kappa shape index (κ3) is 1.79. The first-order valence-corrected chi connectivity index (χ1v) is 5.86. The molecule has 1 N–H and O–H groups in total. The van der Waals surface area contributed by atoms with Crippen molar-refractivity contribution in [1.29, 1.82) is 0 Å². The summed E-state index contributed by atoms with van der Waals surface area (Å²) in [6, 6.07) is 5.03. The Hall–Kier alpha value is -1.84. The van der Waals surface area contributed by atoms with Crippen molar-refractivity contribution in [2.45, 2.75) is 25.7 Å². The van der Waals surface area contributed by atoms with Crippen molar-refractivity contribution in [1.82, 2.24) is 4.98 Å². The predicted molar refractivity (Wildman–Crippen MR) is 62.0 cm³/mol. The van der Waals surface area contributed by atoms with E-state index >= 15 is 0 Å². The molecule has 0 spiro atoms. The van der Waals surface area contributed by atoms with Crippen LogP contribution in [-0.4, -0.2) is 16.1 Å². The minimum absolute atomic E-state index is 0.190. The number of fused-ring (bicyclic) bond motifs is 1. The number of oxazole rings is 1. The summed E-state index contributed by atoms with van der Waals surface area (Å²) in [6.07, 6.45) is 4.56. The van der Waals surface area contributed by atoms with Gasteiger partial charge in [0.15, 0.2) is 11.5 Å². The van der Waals surface area contributed by atoms with Gasteiger partial charge in [-0.2, -0.15) is 0 Å². The Morgan fingerprint density at radius 2 is 2.29 bits per heavy atom. The van der Waals surface area contributed by atoms with E-state index < -0.39 is 5.97 Å². The van der Waals surface area contributed by atoms with Crippen LogP contribution in [0.5, 0.6) is 0 Å². The molecule has 1 aliphatic rings. The number of carbonyl (C=O) groups is 1. The summed E-state index contributed by atoms with van der Waals surface area (Å²) in [7, 11) is 0. The lowest BCUT2D eigenvalue weighted by molar-refractivity contribution is 0.0698. The molecule has 4 nitrogen and oxygen atoms in total. The molecule has 0 aliphatic heterocycles. The molecule has 1 aromatic heterocycles. The molecule has 0 amide bonds. The van der Waals surface area contributed by atoms with Crippen molar-refractivity contribution in [2.75, 3.05) is 0 Å². The lowest BCUT2D eigenvalue weighted by Gasteiger charge is -2.23. The first-order valence-electron chi connectivity index (χ1n) is 5.86. The fraction of sp³-hybridized carbons (Fsp3) is 0.385. The molecule has 0 saturated heterocycles. The van der Waals surface area contributed by atoms with Crippen LogP contribution >= 0.6 is 0 Å². The number of rotatable bonds is 3. The smallest absolute Gasteiger partial charge is 0.339 e. The summed E-state index contributed by atoms with van der Waals surface area (Å²) in [4.78, 5) is 15.4. The molecule has 1 aliphatic carbocycles. The molecular weight excluding hydrogens is 218 g/mol. The Kier molecular flexibility index (Phi) is 2.35. The van der Waals surface area contributed by atoms with Crippen molar-refractivity contribution in [2.24, 2.45) is 5.92 Å². The minimum atomic E-state index is -0.970. The summed E-state index contributed by atoms with van der Waals surface area (Å²) >= 11 is 0. The fourth-order valence-electron chi connectivity index (χ4n) is 2.19. The second-order valence-electron chi connectivity index (χ2n) is 4.57. The zero-order valence-electron chi connectivity index (χ0n) is 9.35. The van der Waals surface area contributed by atoms with E-state index in [0.717, 1.165) is 6.42 Å². The summed E-state index contributed by atoms with van der Waals surface area (Å²) in [5.41, 5.74) is 1.23. The quantitative estimate of drug-likeness (QED) is 0.882. The molecule has 0 unspecified atom stereocenters. The van der Waals surface area contributed by atoms with Crippen LogP contribution < -0.4 is 0 Å². The Morgan fingerprint density at radius 1 is 1.47 bits per heavy atom. The third-order valence-electron chi connectivity index (χ3n) is 3.38. The van der Waals surface area contributed by atoms with Gasteiger partial charge in [0.05, 0.1) is 0 Å². The van der Waals surface area contributed by atoms with Gasteiger partial charge in [-0.3, -0.25) is 0 Å². The van der Waals surface area contributed by atoms with Gasteiger partial charge in [0.25, 0.3) is 0 Å². The van der Waals surface area contributed by atoms with Gasteiger partial charge in [0, 0.05) is 6.42 Å². The van der Waals surface area contributed by atoms with Gasteiger partial charge in [-0.25, -0.2) is 9.78 Å². The zero-order valence-corrected chi connectivity index (χ0v) is 9.35. The highest BCUT2D eigenvalue weighted by Gasteiger charge is 2.21.